The lowest BCUT2D eigenvalue weighted by atomic mass is 9.97. The number of ether oxygens (including phenoxy) is 2. The van der Waals surface area contributed by atoms with Crippen molar-refractivity contribution in [2.24, 2.45) is 0 Å². The zero-order valence-corrected chi connectivity index (χ0v) is 17.0. The summed E-state index contributed by atoms with van der Waals surface area (Å²) in [5, 5.41) is 3.85. The van der Waals surface area contributed by atoms with Gasteiger partial charge in [0.1, 0.15) is 11.5 Å². The Morgan fingerprint density at radius 1 is 1.16 bits per heavy atom. The van der Waals surface area contributed by atoms with Gasteiger partial charge in [0.2, 0.25) is 0 Å². The monoisotopic (exact) mass is 430 g/mol. The van der Waals surface area contributed by atoms with Crippen LogP contribution in [0.5, 0.6) is 11.5 Å². The topological polar surface area (TPSA) is 60.5 Å². The highest BCUT2D eigenvalue weighted by Crippen LogP contribution is 2.49. The van der Waals surface area contributed by atoms with Gasteiger partial charge >= 0.3 is 6.18 Å². The van der Waals surface area contributed by atoms with Crippen LogP contribution in [0.4, 0.5) is 13.2 Å². The van der Waals surface area contributed by atoms with Crippen LogP contribution in [0, 0.1) is 6.92 Å². The molecule has 0 radical (unpaired) electrons. The summed E-state index contributed by atoms with van der Waals surface area (Å²) in [7, 11) is 1.53. The van der Waals surface area contributed by atoms with E-state index in [4.69, 9.17) is 9.47 Å². The van der Waals surface area contributed by atoms with Crippen molar-refractivity contribution in [3.8, 4) is 11.5 Å². The Bertz CT molecular complexity index is 1140. The quantitative estimate of drug-likeness (QED) is 0.604. The summed E-state index contributed by atoms with van der Waals surface area (Å²) < 4.78 is 48.2. The van der Waals surface area contributed by atoms with Crippen LogP contribution in [0.1, 0.15) is 34.3 Å². The number of hydrogen-bond acceptors (Lipinski definition) is 4. The SMILES string of the molecule is COc1ccc(C)c(C(=O)NC2(c3cc(OCC(F)(F)F)cc4ncccc34)CC2)c1. The number of rotatable bonds is 6. The van der Waals surface area contributed by atoms with Gasteiger partial charge in [-0.15, -0.1) is 0 Å². The maximum atomic E-state index is 13.1. The summed E-state index contributed by atoms with van der Waals surface area (Å²) in [6, 6.07) is 11.9. The van der Waals surface area contributed by atoms with Crippen LogP contribution in [0.2, 0.25) is 0 Å². The first-order valence-corrected chi connectivity index (χ1v) is 9.77. The summed E-state index contributed by atoms with van der Waals surface area (Å²) in [4.78, 5) is 17.4. The fourth-order valence-corrected chi connectivity index (χ4v) is 3.65. The maximum Gasteiger partial charge on any atom is 0.422 e. The van der Waals surface area contributed by atoms with Crippen LogP contribution < -0.4 is 14.8 Å². The van der Waals surface area contributed by atoms with E-state index in [0.29, 0.717) is 35.2 Å². The van der Waals surface area contributed by atoms with Gasteiger partial charge in [0.15, 0.2) is 6.61 Å². The van der Waals surface area contributed by atoms with Crippen LogP contribution in [0.3, 0.4) is 0 Å². The summed E-state index contributed by atoms with van der Waals surface area (Å²) in [5.74, 6) is 0.363. The van der Waals surface area contributed by atoms with Crippen LogP contribution in [-0.2, 0) is 5.54 Å². The minimum Gasteiger partial charge on any atom is -0.497 e. The normalized spacial score (nSPS) is 14.9. The predicted octanol–water partition coefficient (Wildman–Crippen LogP) is 4.91. The fourth-order valence-electron chi connectivity index (χ4n) is 3.65. The van der Waals surface area contributed by atoms with E-state index in [1.165, 1.54) is 13.2 Å². The zero-order valence-electron chi connectivity index (χ0n) is 17.0. The number of pyridine rings is 1. The number of fused-ring (bicyclic) bond motifs is 1. The lowest BCUT2D eigenvalue weighted by Crippen LogP contribution is -2.35. The molecule has 1 heterocycles. The molecule has 1 aromatic heterocycles. The molecule has 1 amide bonds. The largest absolute Gasteiger partial charge is 0.497 e. The number of nitrogens with zero attached hydrogens (tertiary/aromatic N) is 1. The first-order valence-electron chi connectivity index (χ1n) is 9.77. The van der Waals surface area contributed by atoms with Crippen LogP contribution in [0.25, 0.3) is 10.9 Å². The molecule has 0 aliphatic heterocycles. The van der Waals surface area contributed by atoms with Gasteiger partial charge in [0.05, 0.1) is 18.2 Å². The van der Waals surface area contributed by atoms with Gasteiger partial charge in [0, 0.05) is 23.2 Å². The van der Waals surface area contributed by atoms with Gasteiger partial charge in [-0.3, -0.25) is 9.78 Å². The number of benzene rings is 2. The van der Waals surface area contributed by atoms with Crippen molar-refractivity contribution in [2.75, 3.05) is 13.7 Å². The third kappa shape index (κ3) is 4.42. The Kier molecular flexibility index (Phi) is 5.24. The van der Waals surface area contributed by atoms with E-state index in [0.717, 1.165) is 10.9 Å². The summed E-state index contributed by atoms with van der Waals surface area (Å²) >= 11 is 0. The molecule has 1 N–H and O–H groups in total. The fraction of sp³-hybridized carbons (Fsp3) is 0.304. The Morgan fingerprint density at radius 3 is 2.61 bits per heavy atom. The van der Waals surface area contributed by atoms with Crippen molar-refractivity contribution in [2.45, 2.75) is 31.5 Å². The van der Waals surface area contributed by atoms with Gasteiger partial charge in [-0.1, -0.05) is 12.1 Å². The van der Waals surface area contributed by atoms with E-state index in [2.05, 4.69) is 10.3 Å². The summed E-state index contributed by atoms with van der Waals surface area (Å²) in [5.41, 5.74) is 1.80. The van der Waals surface area contributed by atoms with E-state index >= 15 is 0 Å². The molecular formula is C23H21F3N2O3. The molecule has 0 atom stereocenters. The first kappa shape index (κ1) is 21.0. The summed E-state index contributed by atoms with van der Waals surface area (Å²) in [6.07, 6.45) is -1.56. The van der Waals surface area contributed by atoms with E-state index in [1.54, 1.807) is 36.5 Å². The number of carbonyl (C=O) groups excluding carboxylic acids is 1. The van der Waals surface area contributed by atoms with Crippen LogP contribution >= 0.6 is 0 Å². The third-order valence-electron chi connectivity index (χ3n) is 5.40. The van der Waals surface area contributed by atoms with Crippen molar-refractivity contribution in [3.05, 3.63) is 65.4 Å². The number of amides is 1. The number of hydrogen-bond donors (Lipinski definition) is 1. The molecule has 1 aliphatic rings. The van der Waals surface area contributed by atoms with Crippen LogP contribution in [0.15, 0.2) is 48.7 Å². The van der Waals surface area contributed by atoms with Crippen molar-refractivity contribution in [1.29, 1.82) is 0 Å². The minimum absolute atomic E-state index is 0.0663. The molecule has 5 nitrogen and oxygen atoms in total. The molecule has 0 unspecified atom stereocenters. The van der Waals surface area contributed by atoms with E-state index in [-0.39, 0.29) is 11.7 Å². The lowest BCUT2D eigenvalue weighted by molar-refractivity contribution is -0.153. The number of methoxy groups -OCH3 is 1. The van der Waals surface area contributed by atoms with E-state index in [9.17, 15) is 18.0 Å². The molecule has 0 saturated heterocycles. The number of alkyl halides is 3. The molecule has 162 valence electrons. The molecule has 1 fully saturated rings. The number of aryl methyl sites for hydroxylation is 1. The molecule has 8 heteroatoms. The van der Waals surface area contributed by atoms with Crippen molar-refractivity contribution >= 4 is 16.8 Å². The smallest absolute Gasteiger partial charge is 0.422 e. The molecular weight excluding hydrogens is 409 g/mol. The Balaban J connectivity index is 1.69. The zero-order chi connectivity index (χ0) is 22.2. The molecule has 3 aromatic rings. The van der Waals surface area contributed by atoms with Crippen molar-refractivity contribution in [3.63, 3.8) is 0 Å². The highest BCUT2D eigenvalue weighted by atomic mass is 19.4. The lowest BCUT2D eigenvalue weighted by Gasteiger charge is -2.22. The number of aromatic nitrogens is 1. The number of nitrogens with one attached hydrogen (secondary N) is 1. The average molecular weight is 430 g/mol. The minimum atomic E-state index is -4.45. The van der Waals surface area contributed by atoms with Gasteiger partial charge in [-0.25, -0.2) is 0 Å². The van der Waals surface area contributed by atoms with E-state index < -0.39 is 18.3 Å². The second-order valence-corrected chi connectivity index (χ2v) is 7.66. The van der Waals surface area contributed by atoms with Gasteiger partial charge < -0.3 is 14.8 Å². The second kappa shape index (κ2) is 7.76. The standard InChI is InChI=1S/C23H21F3N2O3/c1-14-5-6-15(30-2)10-18(14)21(29)28-22(7-8-22)19-11-16(31-13-23(24,25)26)12-20-17(19)4-3-9-27-20/h3-6,9-12H,7-8,13H2,1-2H3,(H,28,29). The maximum absolute atomic E-state index is 13.1. The van der Waals surface area contributed by atoms with Crippen molar-refractivity contribution < 1.29 is 27.4 Å². The highest BCUT2D eigenvalue weighted by Gasteiger charge is 2.47. The Hall–Kier alpha value is -3.29. The van der Waals surface area contributed by atoms with Gasteiger partial charge in [-0.05, 0) is 55.2 Å². The molecule has 0 spiro atoms. The molecule has 4 rings (SSSR count). The molecule has 0 bridgehead atoms. The molecule has 31 heavy (non-hydrogen) atoms. The number of carbonyl (C=O) groups is 1. The molecule has 1 aliphatic carbocycles. The summed E-state index contributed by atoms with van der Waals surface area (Å²) in [6.45, 7) is 0.436. The first-order chi connectivity index (χ1) is 14.7. The number of halogens is 3. The van der Waals surface area contributed by atoms with E-state index in [1.807, 2.05) is 13.0 Å². The third-order valence-corrected chi connectivity index (χ3v) is 5.40. The van der Waals surface area contributed by atoms with Crippen molar-refractivity contribution in [1.82, 2.24) is 10.3 Å². The van der Waals surface area contributed by atoms with Crippen LogP contribution in [-0.4, -0.2) is 30.8 Å². The second-order valence-electron chi connectivity index (χ2n) is 7.66. The van der Waals surface area contributed by atoms with Gasteiger partial charge in [0.25, 0.3) is 5.91 Å². The average Bonchev–Trinajstić information content (AvgIpc) is 3.51. The Labute approximate surface area is 177 Å². The highest BCUT2D eigenvalue weighted by molar-refractivity contribution is 5.97. The molecule has 1 saturated carbocycles. The Morgan fingerprint density at radius 2 is 1.94 bits per heavy atom. The molecule has 2 aromatic carbocycles. The predicted molar refractivity (Wildman–Crippen MR) is 109 cm³/mol. The van der Waals surface area contributed by atoms with Gasteiger partial charge in [-0.2, -0.15) is 13.2 Å².